The van der Waals surface area contributed by atoms with Gasteiger partial charge in [-0.2, -0.15) is 10.4 Å². The molecular weight excluding hydrogens is 266 g/mol. The molecule has 1 aromatic carbocycles. The third-order valence-corrected chi connectivity index (χ3v) is 3.61. The zero-order valence-electron chi connectivity index (χ0n) is 11.4. The van der Waals surface area contributed by atoms with Gasteiger partial charge in [-0.05, 0) is 12.0 Å². The van der Waals surface area contributed by atoms with Gasteiger partial charge < -0.3 is 10.2 Å². The Hall–Kier alpha value is -2.81. The molecule has 0 spiro atoms. The molecule has 0 saturated carbocycles. The Balaban J connectivity index is 1.65. The molecule has 0 radical (unpaired) electrons. The fourth-order valence-corrected chi connectivity index (χ4v) is 2.44. The molecule has 1 aliphatic rings. The SMILES string of the molecule is N#CN1CC[C@H](C(=O)Nc2cc(-c3ccccc3)[nH]n2)C1. The number of aromatic nitrogens is 2. The van der Waals surface area contributed by atoms with E-state index in [-0.39, 0.29) is 11.8 Å². The maximum atomic E-state index is 12.1. The second kappa shape index (κ2) is 5.67. The lowest BCUT2D eigenvalue weighted by Crippen LogP contribution is -2.25. The second-order valence-electron chi connectivity index (χ2n) is 5.05. The number of nitrogens with one attached hydrogen (secondary N) is 2. The van der Waals surface area contributed by atoms with Crippen LogP contribution in [0.4, 0.5) is 5.82 Å². The van der Waals surface area contributed by atoms with Gasteiger partial charge in [0, 0.05) is 19.2 Å². The van der Waals surface area contributed by atoms with E-state index in [0.29, 0.717) is 25.3 Å². The Morgan fingerprint density at radius 2 is 2.24 bits per heavy atom. The van der Waals surface area contributed by atoms with Crippen LogP contribution in [0.5, 0.6) is 0 Å². The van der Waals surface area contributed by atoms with Gasteiger partial charge in [0.05, 0.1) is 11.6 Å². The van der Waals surface area contributed by atoms with Gasteiger partial charge in [0.15, 0.2) is 12.0 Å². The summed E-state index contributed by atoms with van der Waals surface area (Å²) < 4.78 is 0. The molecule has 3 rings (SSSR count). The van der Waals surface area contributed by atoms with Gasteiger partial charge in [-0.1, -0.05) is 30.3 Å². The van der Waals surface area contributed by atoms with Crippen LogP contribution >= 0.6 is 0 Å². The van der Waals surface area contributed by atoms with Gasteiger partial charge in [-0.3, -0.25) is 9.89 Å². The summed E-state index contributed by atoms with van der Waals surface area (Å²) in [6.45, 7) is 1.13. The standard InChI is InChI=1S/C15H15N5O/c16-10-20-7-6-12(9-20)15(21)17-14-8-13(18-19-14)11-4-2-1-3-5-11/h1-5,8,12H,6-7,9H2,(H2,17,18,19,21)/t12-/m0/s1. The Kier molecular flexibility index (Phi) is 3.56. The van der Waals surface area contributed by atoms with Crippen LogP contribution in [-0.4, -0.2) is 34.1 Å². The van der Waals surface area contributed by atoms with Crippen LogP contribution < -0.4 is 5.32 Å². The Morgan fingerprint density at radius 3 is 2.95 bits per heavy atom. The van der Waals surface area contributed by atoms with Crippen molar-refractivity contribution >= 4 is 11.7 Å². The first-order valence-electron chi connectivity index (χ1n) is 6.82. The molecule has 1 amide bonds. The summed E-state index contributed by atoms with van der Waals surface area (Å²) in [6.07, 6.45) is 2.77. The molecule has 1 aliphatic heterocycles. The monoisotopic (exact) mass is 281 g/mol. The van der Waals surface area contributed by atoms with E-state index in [1.807, 2.05) is 36.4 Å². The minimum absolute atomic E-state index is 0.0844. The summed E-state index contributed by atoms with van der Waals surface area (Å²) in [4.78, 5) is 13.7. The highest BCUT2D eigenvalue weighted by molar-refractivity contribution is 5.92. The largest absolute Gasteiger partial charge is 0.310 e. The fourth-order valence-electron chi connectivity index (χ4n) is 2.44. The number of nitriles is 1. The Bertz CT molecular complexity index is 673. The number of hydrogen-bond acceptors (Lipinski definition) is 4. The molecule has 1 fully saturated rings. The lowest BCUT2D eigenvalue weighted by Gasteiger charge is -2.08. The van der Waals surface area contributed by atoms with Crippen LogP contribution in [-0.2, 0) is 4.79 Å². The smallest absolute Gasteiger partial charge is 0.230 e. The van der Waals surface area contributed by atoms with E-state index in [0.717, 1.165) is 11.3 Å². The average Bonchev–Trinajstić information content (AvgIpc) is 3.17. The quantitative estimate of drug-likeness (QED) is 0.840. The van der Waals surface area contributed by atoms with Gasteiger partial charge in [0.1, 0.15) is 0 Å². The van der Waals surface area contributed by atoms with E-state index in [4.69, 9.17) is 5.26 Å². The average molecular weight is 281 g/mol. The maximum Gasteiger partial charge on any atom is 0.230 e. The highest BCUT2D eigenvalue weighted by Gasteiger charge is 2.28. The highest BCUT2D eigenvalue weighted by atomic mass is 16.2. The predicted octanol–water partition coefficient (Wildman–Crippen LogP) is 1.82. The third kappa shape index (κ3) is 2.87. The van der Waals surface area contributed by atoms with Crippen LogP contribution in [0.1, 0.15) is 6.42 Å². The number of carbonyl (C=O) groups is 1. The summed E-state index contributed by atoms with van der Waals surface area (Å²) in [5.41, 5.74) is 1.87. The van der Waals surface area contributed by atoms with Gasteiger partial charge in [-0.25, -0.2) is 0 Å². The zero-order chi connectivity index (χ0) is 14.7. The number of carbonyl (C=O) groups excluding carboxylic acids is 1. The molecule has 106 valence electrons. The molecule has 0 bridgehead atoms. The van der Waals surface area contributed by atoms with Crippen molar-refractivity contribution in [3.05, 3.63) is 36.4 Å². The molecule has 0 unspecified atom stereocenters. The number of amides is 1. The predicted molar refractivity (Wildman–Crippen MR) is 77.9 cm³/mol. The first kappa shape index (κ1) is 13.2. The van der Waals surface area contributed by atoms with Crippen LogP contribution in [0.15, 0.2) is 36.4 Å². The normalized spacial score (nSPS) is 17.5. The molecule has 2 heterocycles. The summed E-state index contributed by atoms with van der Waals surface area (Å²) in [5, 5.41) is 18.6. The topological polar surface area (TPSA) is 84.8 Å². The van der Waals surface area contributed by atoms with E-state index in [2.05, 4.69) is 21.7 Å². The molecule has 21 heavy (non-hydrogen) atoms. The van der Waals surface area contributed by atoms with Gasteiger partial charge >= 0.3 is 0 Å². The van der Waals surface area contributed by atoms with Gasteiger partial charge in [-0.15, -0.1) is 0 Å². The minimum Gasteiger partial charge on any atom is -0.310 e. The first-order chi connectivity index (χ1) is 10.3. The molecule has 1 saturated heterocycles. The van der Waals surface area contributed by atoms with Crippen LogP contribution in [0.2, 0.25) is 0 Å². The van der Waals surface area contributed by atoms with Crippen molar-refractivity contribution in [2.24, 2.45) is 5.92 Å². The van der Waals surface area contributed by atoms with Gasteiger partial charge in [0.25, 0.3) is 0 Å². The molecule has 6 heteroatoms. The lowest BCUT2D eigenvalue weighted by molar-refractivity contribution is -0.119. The molecule has 6 nitrogen and oxygen atoms in total. The second-order valence-corrected chi connectivity index (χ2v) is 5.05. The summed E-state index contributed by atoms with van der Waals surface area (Å²) in [5.74, 6) is 0.273. The maximum absolute atomic E-state index is 12.1. The number of aromatic amines is 1. The number of likely N-dealkylation sites (tertiary alicyclic amines) is 1. The van der Waals surface area contributed by atoms with E-state index in [9.17, 15) is 4.79 Å². The zero-order valence-corrected chi connectivity index (χ0v) is 11.4. The summed E-state index contributed by atoms with van der Waals surface area (Å²) in [7, 11) is 0. The van der Waals surface area contributed by atoms with E-state index >= 15 is 0 Å². The highest BCUT2D eigenvalue weighted by Crippen LogP contribution is 2.21. The number of hydrogen-bond donors (Lipinski definition) is 2. The first-order valence-corrected chi connectivity index (χ1v) is 6.82. The number of rotatable bonds is 3. The number of nitrogens with zero attached hydrogens (tertiary/aromatic N) is 3. The third-order valence-electron chi connectivity index (χ3n) is 3.61. The Labute approximate surface area is 122 Å². The molecule has 1 atom stereocenters. The molecule has 2 aromatic rings. The van der Waals surface area contributed by atoms with E-state index < -0.39 is 0 Å². The van der Waals surface area contributed by atoms with Crippen molar-refractivity contribution in [3.8, 4) is 17.5 Å². The van der Waals surface area contributed by atoms with Gasteiger partial charge in [0.2, 0.25) is 5.91 Å². The number of anilines is 1. The molecule has 0 aliphatic carbocycles. The van der Waals surface area contributed by atoms with E-state index in [1.165, 1.54) is 0 Å². The molecule has 1 aromatic heterocycles. The molecular formula is C15H15N5O. The van der Waals surface area contributed by atoms with Crippen molar-refractivity contribution in [2.45, 2.75) is 6.42 Å². The summed E-state index contributed by atoms with van der Waals surface area (Å²) in [6, 6.07) is 11.6. The van der Waals surface area contributed by atoms with Crippen molar-refractivity contribution in [1.29, 1.82) is 5.26 Å². The van der Waals surface area contributed by atoms with Crippen molar-refractivity contribution in [2.75, 3.05) is 18.4 Å². The number of H-pyrrole nitrogens is 1. The van der Waals surface area contributed by atoms with Crippen LogP contribution in [0.25, 0.3) is 11.3 Å². The van der Waals surface area contributed by atoms with Crippen LogP contribution in [0, 0.1) is 17.4 Å². The lowest BCUT2D eigenvalue weighted by atomic mass is 10.1. The molecule has 2 N–H and O–H groups in total. The van der Waals surface area contributed by atoms with Crippen molar-refractivity contribution in [3.63, 3.8) is 0 Å². The van der Waals surface area contributed by atoms with Crippen LogP contribution in [0.3, 0.4) is 0 Å². The number of benzene rings is 1. The Morgan fingerprint density at radius 1 is 1.43 bits per heavy atom. The van der Waals surface area contributed by atoms with Crippen molar-refractivity contribution < 1.29 is 4.79 Å². The fraction of sp³-hybridized carbons (Fsp3) is 0.267. The van der Waals surface area contributed by atoms with Crippen molar-refractivity contribution in [1.82, 2.24) is 15.1 Å². The minimum atomic E-state index is -0.151. The summed E-state index contributed by atoms with van der Waals surface area (Å²) >= 11 is 0. The van der Waals surface area contributed by atoms with E-state index in [1.54, 1.807) is 4.90 Å².